The Bertz CT molecular complexity index is 1440. The van der Waals surface area contributed by atoms with Crippen molar-refractivity contribution in [1.82, 2.24) is 10.6 Å². The third-order valence-electron chi connectivity index (χ3n) is 8.50. The van der Waals surface area contributed by atoms with Crippen LogP contribution in [-0.4, -0.2) is 71.5 Å². The number of carbonyl (C=O) groups excluding carboxylic acids is 3. The van der Waals surface area contributed by atoms with Gasteiger partial charge in [-0.05, 0) is 89.6 Å². The molecule has 4 aliphatic rings. The number of fused-ring (bicyclic) bond motifs is 4. The highest BCUT2D eigenvalue weighted by atomic mass is 35.5. The predicted molar refractivity (Wildman–Crippen MR) is 161 cm³/mol. The Morgan fingerprint density at radius 3 is 2.50 bits per heavy atom. The van der Waals surface area contributed by atoms with E-state index in [1.807, 2.05) is 19.1 Å². The minimum Gasteiger partial charge on any atom is -0.484 e. The lowest BCUT2D eigenvalue weighted by Gasteiger charge is -2.56. The van der Waals surface area contributed by atoms with E-state index in [1.165, 1.54) is 12.1 Å². The second kappa shape index (κ2) is 12.1. The molecule has 3 aliphatic carbocycles. The third kappa shape index (κ3) is 7.04. The van der Waals surface area contributed by atoms with E-state index >= 15 is 0 Å². The first-order chi connectivity index (χ1) is 20.7. The number of aryl methyl sites for hydroxylation is 1. The zero-order chi connectivity index (χ0) is 31.9. The van der Waals surface area contributed by atoms with Gasteiger partial charge in [-0.2, -0.15) is 0 Å². The molecule has 2 aromatic rings. The molecule has 2 bridgehead atoms. The summed E-state index contributed by atoms with van der Waals surface area (Å²) in [5.41, 5.74) is -0.444. The third-order valence-corrected chi connectivity index (χ3v) is 8.81. The van der Waals surface area contributed by atoms with Crippen molar-refractivity contribution in [2.45, 2.75) is 88.7 Å². The predicted octanol–water partition coefficient (Wildman–Crippen LogP) is 3.82. The zero-order valence-corrected chi connectivity index (χ0v) is 26.1. The molecule has 2 amide bonds. The smallest absolute Gasteiger partial charge is 0.326 e. The van der Waals surface area contributed by atoms with Gasteiger partial charge in [0.05, 0.1) is 28.9 Å². The molecule has 0 saturated heterocycles. The average molecular weight is 632 g/mol. The molecule has 44 heavy (non-hydrogen) atoms. The molecule has 0 unspecified atom stereocenters. The van der Waals surface area contributed by atoms with Crippen LogP contribution in [0.1, 0.15) is 58.4 Å². The van der Waals surface area contributed by atoms with E-state index < -0.39 is 46.6 Å². The number of carbonyl (C=O) groups is 3. The lowest BCUT2D eigenvalue weighted by atomic mass is 9.60. The fourth-order valence-corrected chi connectivity index (χ4v) is 6.43. The summed E-state index contributed by atoms with van der Waals surface area (Å²) in [5, 5.41) is 17.2. The van der Waals surface area contributed by atoms with Gasteiger partial charge in [0.15, 0.2) is 12.7 Å². The molecule has 3 saturated carbocycles. The van der Waals surface area contributed by atoms with Gasteiger partial charge in [0.25, 0.3) is 11.8 Å². The fourth-order valence-electron chi connectivity index (χ4n) is 6.31. The van der Waals surface area contributed by atoms with Gasteiger partial charge in [0.1, 0.15) is 29.5 Å². The van der Waals surface area contributed by atoms with Crippen molar-refractivity contribution in [2.24, 2.45) is 0 Å². The molecule has 2 atom stereocenters. The molecule has 2 aromatic carbocycles. The first-order valence-corrected chi connectivity index (χ1v) is 15.2. The van der Waals surface area contributed by atoms with Crippen molar-refractivity contribution in [1.29, 1.82) is 0 Å². The van der Waals surface area contributed by atoms with Gasteiger partial charge in [-0.1, -0.05) is 17.7 Å². The number of benzene rings is 2. The Kier molecular flexibility index (Phi) is 8.74. The van der Waals surface area contributed by atoms with Crippen molar-refractivity contribution in [3.63, 3.8) is 0 Å². The van der Waals surface area contributed by atoms with Crippen LogP contribution < -0.4 is 25.0 Å². The van der Waals surface area contributed by atoms with E-state index in [1.54, 1.807) is 31.7 Å². The average Bonchev–Trinajstić information content (AvgIpc) is 2.93. The monoisotopic (exact) mass is 631 g/mol. The molecule has 0 aromatic heterocycles. The van der Waals surface area contributed by atoms with Crippen LogP contribution in [0.4, 0.5) is 10.1 Å². The number of hydrogen-bond acceptors (Lipinski definition) is 8. The van der Waals surface area contributed by atoms with E-state index in [4.69, 9.17) is 25.8 Å². The summed E-state index contributed by atoms with van der Waals surface area (Å²) < 4.78 is 30.7. The SMILES string of the molecule is Cc1ccc2c(c1)N(CC(=O)OC(C)(C)C)C[C@H](C(=O)NC13CCC(NC(=O)COc4ccc(Cl)c(F)c4)(CC1)[C@@H](O)C3)O2. The van der Waals surface area contributed by atoms with Crippen molar-refractivity contribution < 1.29 is 38.1 Å². The van der Waals surface area contributed by atoms with Crippen molar-refractivity contribution in [2.75, 3.05) is 24.6 Å². The molecule has 6 rings (SSSR count). The summed E-state index contributed by atoms with van der Waals surface area (Å²) in [6.45, 7) is 7.12. The molecule has 12 heteroatoms. The van der Waals surface area contributed by atoms with E-state index in [-0.39, 0.29) is 42.8 Å². The van der Waals surface area contributed by atoms with Crippen LogP contribution >= 0.6 is 11.6 Å². The summed E-state index contributed by atoms with van der Waals surface area (Å²) in [6, 6.07) is 9.51. The van der Waals surface area contributed by atoms with Gasteiger partial charge in [0, 0.05) is 11.6 Å². The Balaban J connectivity index is 1.20. The van der Waals surface area contributed by atoms with Crippen LogP contribution in [0.25, 0.3) is 0 Å². The Labute approximate surface area is 261 Å². The lowest BCUT2D eigenvalue weighted by molar-refractivity contribution is -0.153. The second-order valence-electron chi connectivity index (χ2n) is 13.1. The number of anilines is 1. The van der Waals surface area contributed by atoms with Gasteiger partial charge in [0.2, 0.25) is 0 Å². The van der Waals surface area contributed by atoms with E-state index in [0.717, 1.165) is 17.3 Å². The number of rotatable bonds is 8. The topological polar surface area (TPSA) is 126 Å². The summed E-state index contributed by atoms with van der Waals surface area (Å²) in [6.07, 6.45) is 0.464. The van der Waals surface area contributed by atoms with Gasteiger partial charge in [-0.15, -0.1) is 0 Å². The van der Waals surface area contributed by atoms with E-state index in [9.17, 15) is 23.9 Å². The fraction of sp³-hybridized carbons (Fsp3) is 0.531. The largest absolute Gasteiger partial charge is 0.484 e. The number of aliphatic hydroxyl groups excluding tert-OH is 1. The maximum absolute atomic E-state index is 13.7. The standard InChI is InChI=1S/C32H39ClFN3O7/c1-19-5-8-24-23(13-19)37(17-28(40)44-30(2,3)4)16-25(43-24)29(41)36-31-9-11-32(12-10-31,26(38)15-31)35-27(39)18-42-20-6-7-21(33)22(34)14-20/h5-8,13-14,25-26,38H,9-12,15-18H2,1-4H3,(H,35,39)(H,36,41)/t25-,26+,31?,32?/m1/s1. The highest BCUT2D eigenvalue weighted by molar-refractivity contribution is 6.30. The van der Waals surface area contributed by atoms with Crippen LogP contribution in [0, 0.1) is 12.7 Å². The summed E-state index contributed by atoms with van der Waals surface area (Å²) in [5.74, 6) is -1.16. The Morgan fingerprint density at radius 1 is 1.11 bits per heavy atom. The molecule has 3 fully saturated rings. The van der Waals surface area contributed by atoms with Crippen LogP contribution in [0.3, 0.4) is 0 Å². The van der Waals surface area contributed by atoms with Crippen molar-refractivity contribution in [3.8, 4) is 11.5 Å². The summed E-state index contributed by atoms with van der Waals surface area (Å²) in [4.78, 5) is 40.9. The number of hydrogen-bond donors (Lipinski definition) is 3. The maximum Gasteiger partial charge on any atom is 0.326 e. The molecule has 3 N–H and O–H groups in total. The highest BCUT2D eigenvalue weighted by Gasteiger charge is 2.55. The number of esters is 1. The van der Waals surface area contributed by atoms with Gasteiger partial charge in [-0.25, -0.2) is 4.39 Å². The van der Waals surface area contributed by atoms with Crippen molar-refractivity contribution >= 4 is 35.1 Å². The van der Waals surface area contributed by atoms with Crippen LogP contribution in [0.2, 0.25) is 5.02 Å². The maximum atomic E-state index is 13.7. The Morgan fingerprint density at radius 2 is 1.84 bits per heavy atom. The van der Waals surface area contributed by atoms with Crippen molar-refractivity contribution in [3.05, 3.63) is 52.8 Å². The lowest BCUT2D eigenvalue weighted by Crippen LogP contribution is -2.71. The molecule has 0 radical (unpaired) electrons. The van der Waals surface area contributed by atoms with E-state index in [0.29, 0.717) is 31.4 Å². The van der Waals surface area contributed by atoms with Crippen LogP contribution in [0.15, 0.2) is 36.4 Å². The van der Waals surface area contributed by atoms with Gasteiger partial charge < -0.3 is 34.9 Å². The normalized spacial score (nSPS) is 25.8. The zero-order valence-electron chi connectivity index (χ0n) is 25.4. The summed E-state index contributed by atoms with van der Waals surface area (Å²) in [7, 11) is 0. The number of amides is 2. The number of nitrogens with one attached hydrogen (secondary N) is 2. The van der Waals surface area contributed by atoms with Crippen LogP contribution in [-0.2, 0) is 19.1 Å². The van der Waals surface area contributed by atoms with Crippen LogP contribution in [0.5, 0.6) is 11.5 Å². The number of ether oxygens (including phenoxy) is 3. The molecule has 10 nitrogen and oxygen atoms in total. The number of halogens is 2. The highest BCUT2D eigenvalue weighted by Crippen LogP contribution is 2.47. The second-order valence-corrected chi connectivity index (χ2v) is 13.5. The quantitative estimate of drug-likeness (QED) is 0.376. The first-order valence-electron chi connectivity index (χ1n) is 14.8. The van der Waals surface area contributed by atoms with Gasteiger partial charge in [-0.3, -0.25) is 14.4 Å². The molecular formula is C32H39ClFN3O7. The molecular weight excluding hydrogens is 593 g/mol. The minimum atomic E-state index is -0.901. The minimum absolute atomic E-state index is 0.0381. The number of aliphatic hydroxyl groups is 1. The summed E-state index contributed by atoms with van der Waals surface area (Å²) >= 11 is 5.70. The Hall–Kier alpha value is -3.57. The molecule has 238 valence electrons. The molecule has 1 heterocycles. The first kappa shape index (κ1) is 31.8. The molecule has 0 spiro atoms. The number of nitrogens with zero attached hydrogens (tertiary/aromatic N) is 1. The molecule has 1 aliphatic heterocycles. The van der Waals surface area contributed by atoms with Gasteiger partial charge >= 0.3 is 5.97 Å². The van der Waals surface area contributed by atoms with E-state index in [2.05, 4.69) is 10.6 Å².